The van der Waals surface area contributed by atoms with Crippen molar-refractivity contribution in [1.29, 1.82) is 0 Å². The number of H-pyrrole nitrogens is 1. The van der Waals surface area contributed by atoms with Gasteiger partial charge in [-0.1, -0.05) is 12.1 Å². The standard InChI is InChI=1S/C14H13N3S/c15-10-5-7-11(8-6-10)18-9-14-16-12-3-1-2-4-13(12)17-14/h1-8H,9,15H2,(H,16,17). The van der Waals surface area contributed by atoms with Gasteiger partial charge < -0.3 is 10.7 Å². The molecule has 0 aliphatic heterocycles. The van der Waals surface area contributed by atoms with Gasteiger partial charge in [0.05, 0.1) is 16.8 Å². The molecule has 2 aromatic carbocycles. The average molecular weight is 255 g/mol. The average Bonchev–Trinajstić information content (AvgIpc) is 2.81. The van der Waals surface area contributed by atoms with Crippen LogP contribution in [0.3, 0.4) is 0 Å². The van der Waals surface area contributed by atoms with E-state index < -0.39 is 0 Å². The third kappa shape index (κ3) is 2.33. The zero-order chi connectivity index (χ0) is 12.4. The molecule has 0 atom stereocenters. The lowest BCUT2D eigenvalue weighted by molar-refractivity contribution is 1.14. The molecule has 1 heterocycles. The number of nitrogens with zero attached hydrogens (tertiary/aromatic N) is 1. The summed E-state index contributed by atoms with van der Waals surface area (Å²) in [6.45, 7) is 0. The summed E-state index contributed by atoms with van der Waals surface area (Å²) in [6.07, 6.45) is 0. The number of aromatic amines is 1. The van der Waals surface area contributed by atoms with Crippen molar-refractivity contribution in [2.45, 2.75) is 10.6 Å². The van der Waals surface area contributed by atoms with Crippen molar-refractivity contribution in [3.63, 3.8) is 0 Å². The van der Waals surface area contributed by atoms with Gasteiger partial charge >= 0.3 is 0 Å². The predicted octanol–water partition coefficient (Wildman–Crippen LogP) is 3.44. The molecule has 1 aromatic heterocycles. The summed E-state index contributed by atoms with van der Waals surface area (Å²) in [5, 5.41) is 0. The second-order valence-electron chi connectivity index (χ2n) is 4.06. The topological polar surface area (TPSA) is 54.7 Å². The van der Waals surface area contributed by atoms with E-state index in [-0.39, 0.29) is 0 Å². The quantitative estimate of drug-likeness (QED) is 0.557. The lowest BCUT2D eigenvalue weighted by atomic mass is 10.3. The van der Waals surface area contributed by atoms with Gasteiger partial charge in [0.2, 0.25) is 0 Å². The molecule has 0 aliphatic rings. The van der Waals surface area contributed by atoms with Gasteiger partial charge in [0, 0.05) is 10.6 Å². The van der Waals surface area contributed by atoms with Gasteiger partial charge in [0.15, 0.2) is 0 Å². The number of nitrogens with one attached hydrogen (secondary N) is 1. The third-order valence-corrected chi connectivity index (χ3v) is 3.72. The molecule has 0 amide bonds. The van der Waals surface area contributed by atoms with Crippen LogP contribution in [-0.2, 0) is 5.75 Å². The number of benzene rings is 2. The first-order valence-electron chi connectivity index (χ1n) is 5.73. The molecular formula is C14H13N3S. The fourth-order valence-electron chi connectivity index (χ4n) is 1.79. The van der Waals surface area contributed by atoms with Gasteiger partial charge in [0.25, 0.3) is 0 Å². The predicted molar refractivity (Wildman–Crippen MR) is 76.5 cm³/mol. The summed E-state index contributed by atoms with van der Waals surface area (Å²) in [5.74, 6) is 1.83. The minimum atomic E-state index is 0.795. The van der Waals surface area contributed by atoms with Crippen LogP contribution >= 0.6 is 11.8 Å². The number of hydrogen-bond donors (Lipinski definition) is 2. The first-order valence-corrected chi connectivity index (χ1v) is 6.72. The first kappa shape index (κ1) is 11.2. The van der Waals surface area contributed by atoms with Gasteiger partial charge in [-0.15, -0.1) is 11.8 Å². The van der Waals surface area contributed by atoms with Gasteiger partial charge in [0.1, 0.15) is 5.82 Å². The highest BCUT2D eigenvalue weighted by Gasteiger charge is 2.02. The molecule has 0 radical (unpaired) electrons. The van der Waals surface area contributed by atoms with Crippen molar-refractivity contribution in [1.82, 2.24) is 9.97 Å². The van der Waals surface area contributed by atoms with E-state index in [1.165, 1.54) is 4.90 Å². The lowest BCUT2D eigenvalue weighted by Crippen LogP contribution is -1.85. The Kier molecular flexibility index (Phi) is 2.94. The Morgan fingerprint density at radius 1 is 1.06 bits per heavy atom. The Bertz CT molecular complexity index is 625. The summed E-state index contributed by atoms with van der Waals surface area (Å²) >= 11 is 1.75. The number of para-hydroxylation sites is 2. The van der Waals surface area contributed by atoms with Gasteiger partial charge in [-0.25, -0.2) is 4.98 Å². The molecule has 0 unspecified atom stereocenters. The number of nitrogens with two attached hydrogens (primary N) is 1. The number of nitrogen functional groups attached to an aromatic ring is 1. The second-order valence-corrected chi connectivity index (χ2v) is 5.11. The molecule has 18 heavy (non-hydrogen) atoms. The van der Waals surface area contributed by atoms with Crippen molar-refractivity contribution in [2.24, 2.45) is 0 Å². The van der Waals surface area contributed by atoms with E-state index in [9.17, 15) is 0 Å². The van der Waals surface area contributed by atoms with Crippen LogP contribution in [0.2, 0.25) is 0 Å². The summed E-state index contributed by atoms with van der Waals surface area (Å²) < 4.78 is 0. The number of thioether (sulfide) groups is 1. The van der Waals surface area contributed by atoms with Crippen LogP contribution in [0.1, 0.15) is 5.82 Å². The Labute approximate surface area is 109 Å². The van der Waals surface area contributed by atoms with Gasteiger partial charge in [-0.3, -0.25) is 0 Å². The van der Waals surface area contributed by atoms with Crippen LogP contribution in [-0.4, -0.2) is 9.97 Å². The molecule has 3 N–H and O–H groups in total. The fourth-order valence-corrected chi connectivity index (χ4v) is 2.56. The molecule has 0 fully saturated rings. The van der Waals surface area contributed by atoms with E-state index in [1.807, 2.05) is 48.5 Å². The molecular weight excluding hydrogens is 242 g/mol. The number of fused-ring (bicyclic) bond motifs is 1. The van der Waals surface area contributed by atoms with Crippen LogP contribution in [0.4, 0.5) is 5.69 Å². The van der Waals surface area contributed by atoms with E-state index in [2.05, 4.69) is 9.97 Å². The van der Waals surface area contributed by atoms with Crippen LogP contribution in [0.25, 0.3) is 11.0 Å². The monoisotopic (exact) mass is 255 g/mol. The van der Waals surface area contributed by atoms with Crippen molar-refractivity contribution in [2.75, 3.05) is 5.73 Å². The maximum atomic E-state index is 5.66. The second kappa shape index (κ2) is 4.74. The molecule has 0 saturated heterocycles. The zero-order valence-corrected chi connectivity index (χ0v) is 10.6. The third-order valence-electron chi connectivity index (χ3n) is 2.69. The summed E-state index contributed by atoms with van der Waals surface area (Å²) in [5.41, 5.74) is 8.56. The summed E-state index contributed by atoms with van der Waals surface area (Å²) in [6, 6.07) is 16.0. The zero-order valence-electron chi connectivity index (χ0n) is 9.76. The minimum absolute atomic E-state index is 0.795. The molecule has 3 nitrogen and oxygen atoms in total. The molecule has 3 aromatic rings. The maximum Gasteiger partial charge on any atom is 0.117 e. The highest BCUT2D eigenvalue weighted by Crippen LogP contribution is 2.23. The molecule has 0 saturated carbocycles. The molecule has 0 bridgehead atoms. The van der Waals surface area contributed by atoms with Crippen molar-refractivity contribution >= 4 is 28.5 Å². The molecule has 0 spiro atoms. The Balaban J connectivity index is 1.74. The lowest BCUT2D eigenvalue weighted by Gasteiger charge is -1.99. The fraction of sp³-hybridized carbons (Fsp3) is 0.0714. The highest BCUT2D eigenvalue weighted by molar-refractivity contribution is 7.98. The Morgan fingerprint density at radius 3 is 2.61 bits per heavy atom. The summed E-state index contributed by atoms with van der Waals surface area (Å²) in [4.78, 5) is 9.06. The van der Waals surface area contributed by atoms with Gasteiger partial charge in [-0.05, 0) is 36.4 Å². The van der Waals surface area contributed by atoms with Crippen LogP contribution in [0.5, 0.6) is 0 Å². The van der Waals surface area contributed by atoms with Crippen LogP contribution < -0.4 is 5.73 Å². The first-order chi connectivity index (χ1) is 8.81. The number of rotatable bonds is 3. The number of aromatic nitrogens is 2. The number of hydrogen-bond acceptors (Lipinski definition) is 3. The highest BCUT2D eigenvalue weighted by atomic mass is 32.2. The Hall–Kier alpha value is -1.94. The molecule has 3 rings (SSSR count). The molecule has 90 valence electrons. The SMILES string of the molecule is Nc1ccc(SCc2nc3ccccc3[nH]2)cc1. The van der Waals surface area contributed by atoms with Crippen molar-refractivity contribution < 1.29 is 0 Å². The van der Waals surface area contributed by atoms with E-state index in [4.69, 9.17) is 5.73 Å². The van der Waals surface area contributed by atoms with E-state index in [0.29, 0.717) is 0 Å². The molecule has 4 heteroatoms. The van der Waals surface area contributed by atoms with E-state index in [0.717, 1.165) is 28.3 Å². The van der Waals surface area contributed by atoms with Gasteiger partial charge in [-0.2, -0.15) is 0 Å². The van der Waals surface area contributed by atoms with E-state index in [1.54, 1.807) is 11.8 Å². The van der Waals surface area contributed by atoms with E-state index >= 15 is 0 Å². The molecule has 0 aliphatic carbocycles. The largest absolute Gasteiger partial charge is 0.399 e. The van der Waals surface area contributed by atoms with Crippen molar-refractivity contribution in [3.8, 4) is 0 Å². The van der Waals surface area contributed by atoms with Crippen LogP contribution in [0.15, 0.2) is 53.4 Å². The maximum absolute atomic E-state index is 5.66. The normalized spacial score (nSPS) is 10.9. The van der Waals surface area contributed by atoms with Crippen LogP contribution in [0, 0.1) is 0 Å². The summed E-state index contributed by atoms with van der Waals surface area (Å²) in [7, 11) is 0. The smallest absolute Gasteiger partial charge is 0.117 e. The minimum Gasteiger partial charge on any atom is -0.399 e. The Morgan fingerprint density at radius 2 is 1.83 bits per heavy atom. The number of anilines is 1. The number of imidazole rings is 1. The van der Waals surface area contributed by atoms with Crippen molar-refractivity contribution in [3.05, 3.63) is 54.4 Å².